The molecule has 5 heteroatoms. The van der Waals surface area contributed by atoms with E-state index in [-0.39, 0.29) is 11.6 Å². The van der Waals surface area contributed by atoms with Gasteiger partial charge in [-0.1, -0.05) is 15.9 Å². The molecule has 2 rings (SSSR count). The topological polar surface area (TPSA) is 26.0 Å². The quantitative estimate of drug-likeness (QED) is 0.657. The number of hydrogen-bond donors (Lipinski definition) is 1. The maximum absolute atomic E-state index is 13.2. The van der Waals surface area contributed by atoms with E-state index in [0.29, 0.717) is 15.9 Å². The van der Waals surface area contributed by atoms with Gasteiger partial charge in [-0.05, 0) is 42.0 Å². The van der Waals surface area contributed by atoms with Crippen LogP contribution in [0, 0.1) is 11.6 Å². The lowest BCUT2D eigenvalue weighted by Crippen LogP contribution is -1.91. The van der Waals surface area contributed by atoms with Crippen LogP contribution in [-0.2, 0) is 5.75 Å². The summed E-state index contributed by atoms with van der Waals surface area (Å²) in [5.41, 5.74) is 6.94. The van der Waals surface area contributed by atoms with Gasteiger partial charge < -0.3 is 5.73 Å². The van der Waals surface area contributed by atoms with E-state index in [4.69, 9.17) is 5.73 Å². The summed E-state index contributed by atoms with van der Waals surface area (Å²) in [6, 6.07) is 8.99. The minimum absolute atomic E-state index is 0.285. The Morgan fingerprint density at radius 1 is 1.06 bits per heavy atom. The lowest BCUT2D eigenvalue weighted by Gasteiger charge is -2.06. The molecule has 0 heterocycles. The summed E-state index contributed by atoms with van der Waals surface area (Å²) < 4.78 is 26.7. The van der Waals surface area contributed by atoms with E-state index in [2.05, 4.69) is 15.9 Å². The van der Waals surface area contributed by atoms with Crippen molar-refractivity contribution in [3.05, 3.63) is 58.1 Å². The van der Waals surface area contributed by atoms with Crippen molar-refractivity contribution >= 4 is 33.4 Å². The molecule has 94 valence electrons. The van der Waals surface area contributed by atoms with Crippen LogP contribution in [0.4, 0.5) is 14.5 Å². The molecule has 0 bridgehead atoms. The molecule has 2 aromatic rings. The Hall–Kier alpha value is -1.07. The summed E-state index contributed by atoms with van der Waals surface area (Å²) in [6.07, 6.45) is 0. The zero-order valence-electron chi connectivity index (χ0n) is 9.29. The van der Waals surface area contributed by atoms with Gasteiger partial charge in [-0.3, -0.25) is 0 Å². The van der Waals surface area contributed by atoms with E-state index in [1.54, 1.807) is 6.07 Å². The first-order valence-electron chi connectivity index (χ1n) is 5.17. The van der Waals surface area contributed by atoms with Crippen LogP contribution in [0.15, 0.2) is 45.8 Å². The zero-order valence-corrected chi connectivity index (χ0v) is 11.7. The van der Waals surface area contributed by atoms with Gasteiger partial charge >= 0.3 is 0 Å². The molecule has 1 nitrogen and oxygen atoms in total. The summed E-state index contributed by atoms with van der Waals surface area (Å²) in [6.45, 7) is 0. The molecule has 0 saturated heterocycles. The molecule has 0 radical (unpaired) electrons. The molecule has 0 aromatic heterocycles. The monoisotopic (exact) mass is 329 g/mol. The molecule has 0 aliphatic rings. The van der Waals surface area contributed by atoms with Gasteiger partial charge in [0.05, 0.1) is 0 Å². The Labute approximate surface area is 117 Å². The molecular weight excluding hydrogens is 320 g/mol. The van der Waals surface area contributed by atoms with E-state index in [1.807, 2.05) is 6.07 Å². The molecule has 0 aliphatic carbocycles. The molecule has 2 aromatic carbocycles. The van der Waals surface area contributed by atoms with Crippen molar-refractivity contribution in [3.8, 4) is 0 Å². The van der Waals surface area contributed by atoms with E-state index < -0.39 is 0 Å². The minimum atomic E-state index is -0.356. The fraction of sp³-hybridized carbons (Fsp3) is 0.0769. The van der Waals surface area contributed by atoms with E-state index in [9.17, 15) is 8.78 Å². The van der Waals surface area contributed by atoms with E-state index >= 15 is 0 Å². The first kappa shape index (κ1) is 13.4. The highest BCUT2D eigenvalue weighted by atomic mass is 79.9. The second kappa shape index (κ2) is 5.71. The van der Waals surface area contributed by atoms with Crippen LogP contribution in [0.25, 0.3) is 0 Å². The van der Waals surface area contributed by atoms with Crippen molar-refractivity contribution in [1.29, 1.82) is 0 Å². The summed E-state index contributed by atoms with van der Waals surface area (Å²) in [4.78, 5) is 0.789. The van der Waals surface area contributed by atoms with Crippen LogP contribution in [0.5, 0.6) is 0 Å². The lowest BCUT2D eigenvalue weighted by atomic mass is 10.2. The SMILES string of the molecule is Nc1cc(F)ccc1SCc1cc(F)cc(Br)c1. The van der Waals surface area contributed by atoms with Crippen molar-refractivity contribution < 1.29 is 8.78 Å². The van der Waals surface area contributed by atoms with Gasteiger partial charge in [0.1, 0.15) is 11.6 Å². The zero-order chi connectivity index (χ0) is 13.1. The highest BCUT2D eigenvalue weighted by Crippen LogP contribution is 2.29. The molecule has 0 unspecified atom stereocenters. The molecule has 0 aliphatic heterocycles. The maximum atomic E-state index is 13.2. The largest absolute Gasteiger partial charge is 0.398 e. The maximum Gasteiger partial charge on any atom is 0.125 e. The van der Waals surface area contributed by atoms with Crippen molar-refractivity contribution in [2.45, 2.75) is 10.6 Å². The number of benzene rings is 2. The van der Waals surface area contributed by atoms with Crippen molar-refractivity contribution in [1.82, 2.24) is 0 Å². The Morgan fingerprint density at radius 3 is 2.50 bits per heavy atom. The predicted octanol–water partition coefficient (Wildman–Crippen LogP) is 4.60. The Kier molecular flexibility index (Phi) is 4.24. The van der Waals surface area contributed by atoms with Crippen LogP contribution >= 0.6 is 27.7 Å². The number of nitrogens with two attached hydrogens (primary N) is 1. The fourth-order valence-electron chi connectivity index (χ4n) is 1.51. The summed E-state index contributed by atoms with van der Waals surface area (Å²) in [7, 11) is 0. The smallest absolute Gasteiger partial charge is 0.125 e. The summed E-state index contributed by atoms with van der Waals surface area (Å²) in [5.74, 6) is -0.0657. The normalized spacial score (nSPS) is 10.6. The minimum Gasteiger partial charge on any atom is -0.398 e. The fourth-order valence-corrected chi connectivity index (χ4v) is 2.90. The van der Waals surface area contributed by atoms with Crippen LogP contribution in [0.1, 0.15) is 5.56 Å². The standard InChI is InChI=1S/C13H10BrF2NS/c14-9-3-8(4-11(16)5-9)7-18-13-2-1-10(15)6-12(13)17/h1-6H,7,17H2. The third-order valence-corrected chi connectivity index (χ3v) is 3.91. The molecular formula is C13H10BrF2NS. The molecule has 2 N–H and O–H groups in total. The van der Waals surface area contributed by atoms with Gasteiger partial charge in [0.2, 0.25) is 0 Å². The van der Waals surface area contributed by atoms with Crippen LogP contribution < -0.4 is 5.73 Å². The predicted molar refractivity (Wildman–Crippen MR) is 74.5 cm³/mol. The Balaban J connectivity index is 2.11. The Morgan fingerprint density at radius 2 is 1.83 bits per heavy atom. The molecule has 0 spiro atoms. The third-order valence-electron chi connectivity index (χ3n) is 2.29. The number of hydrogen-bond acceptors (Lipinski definition) is 2. The van der Waals surface area contributed by atoms with Crippen molar-refractivity contribution in [2.75, 3.05) is 5.73 Å². The molecule has 18 heavy (non-hydrogen) atoms. The van der Waals surface area contributed by atoms with Gasteiger partial charge in [0, 0.05) is 20.8 Å². The average molecular weight is 330 g/mol. The number of halogens is 3. The number of rotatable bonds is 3. The number of thioether (sulfide) groups is 1. The van der Waals surface area contributed by atoms with Crippen LogP contribution in [0.3, 0.4) is 0 Å². The highest BCUT2D eigenvalue weighted by molar-refractivity contribution is 9.10. The Bertz CT molecular complexity index is 555. The van der Waals surface area contributed by atoms with Crippen LogP contribution in [0.2, 0.25) is 0 Å². The summed E-state index contributed by atoms with van der Waals surface area (Å²) in [5, 5.41) is 0. The van der Waals surface area contributed by atoms with Crippen LogP contribution in [-0.4, -0.2) is 0 Å². The molecule has 0 fully saturated rings. The van der Waals surface area contributed by atoms with Crippen molar-refractivity contribution in [2.24, 2.45) is 0 Å². The van der Waals surface area contributed by atoms with Gasteiger partial charge in [-0.25, -0.2) is 8.78 Å². The molecule has 0 amide bonds. The second-order valence-corrected chi connectivity index (χ2v) is 5.68. The van der Waals surface area contributed by atoms with E-state index in [1.165, 1.54) is 36.0 Å². The lowest BCUT2D eigenvalue weighted by molar-refractivity contribution is 0.625. The van der Waals surface area contributed by atoms with E-state index in [0.717, 1.165) is 10.5 Å². The van der Waals surface area contributed by atoms with Gasteiger partial charge in [-0.2, -0.15) is 0 Å². The first-order chi connectivity index (χ1) is 8.54. The second-order valence-electron chi connectivity index (χ2n) is 3.75. The highest BCUT2D eigenvalue weighted by Gasteiger charge is 2.04. The average Bonchev–Trinajstić information content (AvgIpc) is 2.26. The van der Waals surface area contributed by atoms with Gasteiger partial charge in [-0.15, -0.1) is 11.8 Å². The molecule has 0 saturated carbocycles. The van der Waals surface area contributed by atoms with Gasteiger partial charge in [0.25, 0.3) is 0 Å². The third kappa shape index (κ3) is 3.46. The molecule has 0 atom stereocenters. The first-order valence-corrected chi connectivity index (χ1v) is 6.95. The van der Waals surface area contributed by atoms with Gasteiger partial charge in [0.15, 0.2) is 0 Å². The van der Waals surface area contributed by atoms with Crippen molar-refractivity contribution in [3.63, 3.8) is 0 Å². The number of nitrogen functional groups attached to an aromatic ring is 1. The number of anilines is 1. The summed E-state index contributed by atoms with van der Waals surface area (Å²) >= 11 is 4.69.